The van der Waals surface area contributed by atoms with Crippen LogP contribution in [0.3, 0.4) is 0 Å². The minimum atomic E-state index is -4.17. The molecule has 1 aliphatic heterocycles. The first-order valence-electron chi connectivity index (χ1n) is 14.5. The van der Waals surface area contributed by atoms with E-state index < -0.39 is 24.4 Å². The largest absolute Gasteiger partial charge is 0.391 e. The number of nitrogens with two attached hydrogens (primary N) is 1. The van der Waals surface area contributed by atoms with Gasteiger partial charge in [-0.2, -0.15) is 18.2 Å². The van der Waals surface area contributed by atoms with Crippen molar-refractivity contribution in [3.05, 3.63) is 0 Å². The van der Waals surface area contributed by atoms with Crippen LogP contribution in [0, 0.1) is 35.5 Å². The van der Waals surface area contributed by atoms with Crippen molar-refractivity contribution in [2.24, 2.45) is 41.2 Å². The molecule has 1 saturated heterocycles. The minimum Gasteiger partial charge on any atom is -0.376 e. The molecule has 4 fully saturated rings. The molecule has 3 aliphatic carbocycles. The highest BCUT2D eigenvalue weighted by Crippen LogP contribution is 2.45. The van der Waals surface area contributed by atoms with Gasteiger partial charge >= 0.3 is 6.18 Å². The Morgan fingerprint density at radius 3 is 2.30 bits per heavy atom. The first kappa shape index (κ1) is 29.5. The van der Waals surface area contributed by atoms with Crippen LogP contribution in [0.5, 0.6) is 0 Å². The summed E-state index contributed by atoms with van der Waals surface area (Å²) in [7, 11) is 3.36. The third-order valence-electron chi connectivity index (χ3n) is 10.2. The third kappa shape index (κ3) is 7.18. The molecular weight excluding hydrogens is 483 g/mol. The Morgan fingerprint density at radius 1 is 0.973 bits per heavy atom. The van der Waals surface area contributed by atoms with E-state index in [1.54, 1.807) is 19.2 Å². The van der Waals surface area contributed by atoms with Gasteiger partial charge in [-0.3, -0.25) is 16.0 Å². The van der Waals surface area contributed by atoms with Gasteiger partial charge in [-0.1, -0.05) is 0 Å². The van der Waals surface area contributed by atoms with Crippen LogP contribution in [-0.2, 0) is 4.84 Å². The van der Waals surface area contributed by atoms with E-state index in [2.05, 4.69) is 22.9 Å². The maximum absolute atomic E-state index is 13.5. The molecule has 10 heteroatoms. The average Bonchev–Trinajstić information content (AvgIpc) is 2.86. The van der Waals surface area contributed by atoms with Crippen molar-refractivity contribution in [2.45, 2.75) is 121 Å². The average molecular weight is 534 g/mol. The first-order chi connectivity index (χ1) is 17.5. The van der Waals surface area contributed by atoms with E-state index in [0.29, 0.717) is 30.2 Å². The summed E-state index contributed by atoms with van der Waals surface area (Å²) in [5.41, 5.74) is 6.09. The Morgan fingerprint density at radius 2 is 1.65 bits per heavy atom. The lowest BCUT2D eigenvalue weighted by Crippen LogP contribution is -2.69. The molecule has 7 nitrogen and oxygen atoms in total. The number of nitrogens with zero attached hydrogens (tertiary/aromatic N) is 1. The molecule has 6 N–H and O–H groups in total. The number of hydrogen-bond donors (Lipinski definition) is 5. The molecule has 4 rings (SSSR count). The molecule has 0 radical (unpaired) electrons. The van der Waals surface area contributed by atoms with Crippen LogP contribution in [0.25, 0.3) is 0 Å². The highest BCUT2D eigenvalue weighted by molar-refractivity contribution is 4.99. The molecule has 3 saturated carbocycles. The zero-order valence-corrected chi connectivity index (χ0v) is 23.0. The van der Waals surface area contributed by atoms with Gasteiger partial charge in [-0.15, -0.1) is 0 Å². The van der Waals surface area contributed by atoms with Crippen molar-refractivity contribution in [1.82, 2.24) is 21.0 Å². The molecule has 0 aromatic rings. The van der Waals surface area contributed by atoms with Crippen molar-refractivity contribution in [3.8, 4) is 0 Å². The predicted molar refractivity (Wildman–Crippen MR) is 138 cm³/mol. The molecule has 10 unspecified atom stereocenters. The standard InChI is InChI=1S/C27H50F3N5O2/c1-15(20-11-21(27(28,29)30)14-22(31)12-20)32-25-23-13-19(9-10-24(23)33-16(2)34-25)17-5-7-18(8-6-17)26(36)35(3)37-4/h15-26,32-34,36H,5-14,31H2,1-4H3. The molecule has 1 heterocycles. The molecule has 0 aromatic heterocycles. The number of rotatable bonds is 7. The summed E-state index contributed by atoms with van der Waals surface area (Å²) in [5, 5.41) is 23.2. The van der Waals surface area contributed by atoms with Crippen LogP contribution >= 0.6 is 0 Å². The Balaban J connectivity index is 1.35. The van der Waals surface area contributed by atoms with E-state index >= 15 is 0 Å². The lowest BCUT2D eigenvalue weighted by atomic mass is 9.66. The lowest BCUT2D eigenvalue weighted by molar-refractivity contribution is -0.224. The van der Waals surface area contributed by atoms with Crippen molar-refractivity contribution >= 4 is 0 Å². The first-order valence-corrected chi connectivity index (χ1v) is 14.5. The fourth-order valence-electron chi connectivity index (χ4n) is 8.00. The second-order valence-corrected chi connectivity index (χ2v) is 12.6. The van der Waals surface area contributed by atoms with Crippen molar-refractivity contribution < 1.29 is 23.1 Å². The summed E-state index contributed by atoms with van der Waals surface area (Å²) >= 11 is 0. The number of hydroxylamine groups is 2. The number of nitrogens with one attached hydrogen (secondary N) is 3. The van der Waals surface area contributed by atoms with Crippen molar-refractivity contribution in [1.29, 1.82) is 0 Å². The van der Waals surface area contributed by atoms with E-state index in [-0.39, 0.29) is 43.1 Å². The summed E-state index contributed by atoms with van der Waals surface area (Å²) in [5.74, 6) is 0.583. The summed E-state index contributed by atoms with van der Waals surface area (Å²) < 4.78 is 40.5. The Kier molecular flexibility index (Phi) is 9.85. The highest BCUT2D eigenvalue weighted by atomic mass is 19.4. The van der Waals surface area contributed by atoms with Crippen molar-refractivity contribution in [3.63, 3.8) is 0 Å². The normalized spacial score (nSPS) is 43.3. The van der Waals surface area contributed by atoms with E-state index in [4.69, 9.17) is 10.6 Å². The van der Waals surface area contributed by atoms with E-state index in [0.717, 1.165) is 38.5 Å². The summed E-state index contributed by atoms with van der Waals surface area (Å²) in [6.45, 7) is 4.17. The van der Waals surface area contributed by atoms with E-state index in [1.165, 1.54) is 6.42 Å². The van der Waals surface area contributed by atoms with Gasteiger partial charge < -0.3 is 15.7 Å². The van der Waals surface area contributed by atoms with Gasteiger partial charge in [0.15, 0.2) is 0 Å². The smallest absolute Gasteiger partial charge is 0.376 e. The maximum Gasteiger partial charge on any atom is 0.391 e. The molecular formula is C27H50F3N5O2. The summed E-state index contributed by atoms with van der Waals surface area (Å²) in [6.07, 6.45) is 4.11. The van der Waals surface area contributed by atoms with Crippen LogP contribution in [-0.4, -0.2) is 67.2 Å². The van der Waals surface area contributed by atoms with Gasteiger partial charge in [0, 0.05) is 37.0 Å². The fourth-order valence-corrected chi connectivity index (χ4v) is 8.00. The number of hydrogen-bond acceptors (Lipinski definition) is 7. The van der Waals surface area contributed by atoms with Crippen LogP contribution < -0.4 is 21.7 Å². The van der Waals surface area contributed by atoms with Gasteiger partial charge in [0.2, 0.25) is 0 Å². The molecule has 37 heavy (non-hydrogen) atoms. The van der Waals surface area contributed by atoms with Crippen LogP contribution in [0.4, 0.5) is 13.2 Å². The number of aliphatic hydroxyl groups excluding tert-OH is 1. The monoisotopic (exact) mass is 533 g/mol. The quantitative estimate of drug-likeness (QED) is 0.252. The van der Waals surface area contributed by atoms with E-state index in [9.17, 15) is 18.3 Å². The second-order valence-electron chi connectivity index (χ2n) is 12.6. The molecule has 0 bridgehead atoms. The Bertz CT molecular complexity index is 723. The third-order valence-corrected chi connectivity index (χ3v) is 10.2. The number of fused-ring (bicyclic) bond motifs is 1. The SMILES string of the molecule is CON(C)C(O)C1CCC(C2CCC3NC(C)NC(NC(C)C4CC(N)CC(C(F)(F)F)C4)C3C2)CC1. The van der Waals surface area contributed by atoms with Crippen LogP contribution in [0.2, 0.25) is 0 Å². The van der Waals surface area contributed by atoms with Gasteiger partial charge in [0.1, 0.15) is 6.23 Å². The van der Waals surface area contributed by atoms with Gasteiger partial charge in [-0.05, 0) is 95.8 Å². The van der Waals surface area contributed by atoms with Gasteiger partial charge in [-0.25, -0.2) is 0 Å². The van der Waals surface area contributed by atoms with Crippen molar-refractivity contribution in [2.75, 3.05) is 14.2 Å². The molecule has 0 amide bonds. The Hall–Kier alpha value is -0.490. The second kappa shape index (κ2) is 12.4. The molecule has 216 valence electrons. The van der Waals surface area contributed by atoms with Crippen LogP contribution in [0.1, 0.15) is 78.1 Å². The molecule has 4 aliphatic rings. The molecule has 0 aromatic carbocycles. The molecule has 0 spiro atoms. The highest BCUT2D eigenvalue weighted by Gasteiger charge is 2.47. The zero-order chi connectivity index (χ0) is 26.9. The number of aliphatic hydroxyl groups is 1. The number of halogens is 3. The Labute approximate surface area is 220 Å². The predicted octanol–water partition coefficient (Wildman–Crippen LogP) is 3.54. The minimum absolute atomic E-state index is 0.0327. The zero-order valence-electron chi connectivity index (χ0n) is 23.0. The van der Waals surface area contributed by atoms with Crippen LogP contribution in [0.15, 0.2) is 0 Å². The topological polar surface area (TPSA) is 94.8 Å². The molecule has 10 atom stereocenters. The summed E-state index contributed by atoms with van der Waals surface area (Å²) in [6, 6.07) is -0.00404. The maximum atomic E-state index is 13.5. The fraction of sp³-hybridized carbons (Fsp3) is 1.00. The van der Waals surface area contributed by atoms with E-state index in [1.807, 2.05) is 6.92 Å². The number of alkyl halides is 3. The van der Waals surface area contributed by atoms with Gasteiger partial charge in [0.05, 0.1) is 25.4 Å². The lowest BCUT2D eigenvalue weighted by Gasteiger charge is -2.51. The van der Waals surface area contributed by atoms with Gasteiger partial charge in [0.25, 0.3) is 0 Å². The summed E-state index contributed by atoms with van der Waals surface area (Å²) in [4.78, 5) is 5.19.